The molecule has 0 saturated carbocycles. The summed E-state index contributed by atoms with van der Waals surface area (Å²) in [5.74, 6) is 0. The third kappa shape index (κ3) is 19.7. The topological polar surface area (TPSA) is 0 Å². The zero-order valence-electron chi connectivity index (χ0n) is 20.9. The molecule has 2 heteroatoms. The molecule has 0 aliphatic carbocycles. The average molecular weight is 841 g/mol. The molecule has 0 fully saturated rings. The van der Waals surface area contributed by atoms with E-state index in [0.717, 1.165) is 0 Å². The summed E-state index contributed by atoms with van der Waals surface area (Å²) < 4.78 is 0. The Kier molecular flexibility index (Phi) is 24.3. The van der Waals surface area contributed by atoms with Crippen LogP contribution in [-0.2, 0) is 39.6 Å². The molecule has 0 spiro atoms. The van der Waals surface area contributed by atoms with E-state index >= 15 is 0 Å². The van der Waals surface area contributed by atoms with Crippen LogP contribution in [0.1, 0.15) is 0 Å². The van der Waals surface area contributed by atoms with Gasteiger partial charge in [-0.15, -0.1) is 0 Å². The summed E-state index contributed by atoms with van der Waals surface area (Å²) in [6.07, 6.45) is 0. The summed E-state index contributed by atoms with van der Waals surface area (Å²) in [6, 6.07) is 71.9. The smallest absolute Gasteiger partial charge is 0 e. The van der Waals surface area contributed by atoms with Gasteiger partial charge in [0.15, 0.2) is 0 Å². The van der Waals surface area contributed by atoms with Gasteiger partial charge in [-0.1, -0.05) is 0 Å². The summed E-state index contributed by atoms with van der Waals surface area (Å²) in [5.41, 5.74) is 2.45. The van der Waals surface area contributed by atoms with Crippen LogP contribution in [0.15, 0.2) is 170 Å². The van der Waals surface area contributed by atoms with Crippen LogP contribution in [0.5, 0.6) is 0 Å². The maximum absolute atomic E-state index is 2.99. The van der Waals surface area contributed by atoms with Crippen LogP contribution in [0.25, 0.3) is 11.1 Å². The van der Waals surface area contributed by atoms with Gasteiger partial charge in [0.25, 0.3) is 0 Å². The second-order valence-corrected chi connectivity index (χ2v) is 6.89. The third-order valence-electron chi connectivity index (χ3n) is 4.20. The molecule has 0 atom stereocenters. The van der Waals surface area contributed by atoms with E-state index in [1.165, 1.54) is 11.1 Å². The molecule has 194 valence electrons. The molecule has 0 heterocycles. The number of benzene rings is 6. The SMILES string of the molecule is [Os].[Os].[c-]1ccc(-c2cc[c-]cc2)cc1.[c-]1ccccc1.[c-]1ccccc1.[c-]1ccccc1.[c-]1ccccc1. The van der Waals surface area contributed by atoms with Gasteiger partial charge in [0, 0.05) is 39.6 Å². The largest absolute Gasteiger partial charge is 0.184 e. The fourth-order valence-electron chi connectivity index (χ4n) is 2.53. The van der Waals surface area contributed by atoms with Crippen molar-refractivity contribution >= 4 is 0 Å². The minimum atomic E-state index is 0. The zero-order chi connectivity index (χ0) is 25.2. The first-order chi connectivity index (χ1) is 18.0. The van der Waals surface area contributed by atoms with E-state index in [9.17, 15) is 0 Å². The van der Waals surface area contributed by atoms with E-state index in [1.54, 1.807) is 0 Å². The molecule has 0 aliphatic heterocycles. The van der Waals surface area contributed by atoms with Crippen LogP contribution < -0.4 is 0 Å². The van der Waals surface area contributed by atoms with Gasteiger partial charge in [0.05, 0.1) is 0 Å². The van der Waals surface area contributed by atoms with Crippen molar-refractivity contribution in [2.24, 2.45) is 0 Å². The van der Waals surface area contributed by atoms with E-state index in [-0.39, 0.29) is 39.6 Å². The molecule has 0 amide bonds. The van der Waals surface area contributed by atoms with Gasteiger partial charge in [-0.3, -0.25) is 0 Å². The Morgan fingerprint density at radius 1 is 0.237 bits per heavy atom. The summed E-state index contributed by atoms with van der Waals surface area (Å²) in [6.45, 7) is 0. The molecule has 0 unspecified atom stereocenters. The van der Waals surface area contributed by atoms with Crippen molar-refractivity contribution in [3.8, 4) is 11.1 Å². The third-order valence-corrected chi connectivity index (χ3v) is 4.20. The normalized spacial score (nSPS) is 8.11. The van der Waals surface area contributed by atoms with Crippen molar-refractivity contribution < 1.29 is 39.6 Å². The van der Waals surface area contributed by atoms with Crippen molar-refractivity contribution in [1.82, 2.24) is 0 Å². The maximum atomic E-state index is 2.99. The first kappa shape index (κ1) is 34.6. The van der Waals surface area contributed by atoms with Crippen LogP contribution in [0.4, 0.5) is 0 Å². The minimum Gasteiger partial charge on any atom is -0.184 e. The molecular formula is C36H28Os2-6. The van der Waals surface area contributed by atoms with Gasteiger partial charge in [0.1, 0.15) is 0 Å². The second kappa shape index (κ2) is 26.6. The molecule has 0 nitrogen and oxygen atoms in total. The van der Waals surface area contributed by atoms with Crippen LogP contribution in [0.3, 0.4) is 0 Å². The van der Waals surface area contributed by atoms with Crippen molar-refractivity contribution in [2.75, 3.05) is 0 Å². The summed E-state index contributed by atoms with van der Waals surface area (Å²) in [4.78, 5) is 0. The van der Waals surface area contributed by atoms with Crippen molar-refractivity contribution in [3.05, 3.63) is 206 Å². The molecule has 0 aromatic heterocycles. The van der Waals surface area contributed by atoms with Crippen LogP contribution in [-0.4, -0.2) is 0 Å². The molecule has 6 rings (SSSR count). The van der Waals surface area contributed by atoms with Crippen LogP contribution in [0, 0.1) is 36.4 Å². The van der Waals surface area contributed by atoms with Crippen molar-refractivity contribution in [3.63, 3.8) is 0 Å². The summed E-state index contributed by atoms with van der Waals surface area (Å²) >= 11 is 0. The van der Waals surface area contributed by atoms with E-state index < -0.39 is 0 Å². The molecule has 6 aromatic carbocycles. The molecule has 0 aliphatic rings. The fraction of sp³-hybridized carbons (Fsp3) is 0. The summed E-state index contributed by atoms with van der Waals surface area (Å²) in [7, 11) is 0. The van der Waals surface area contributed by atoms with Gasteiger partial charge < -0.3 is 0 Å². The predicted molar refractivity (Wildman–Crippen MR) is 151 cm³/mol. The molecule has 0 bridgehead atoms. The first-order valence-electron chi connectivity index (χ1n) is 11.5. The first-order valence-corrected chi connectivity index (χ1v) is 11.5. The fourth-order valence-corrected chi connectivity index (χ4v) is 2.53. The Balaban J connectivity index is 0.000000462. The van der Waals surface area contributed by atoms with E-state index in [2.05, 4.69) is 60.7 Å². The van der Waals surface area contributed by atoms with Crippen LogP contribution in [0.2, 0.25) is 0 Å². The molecule has 0 radical (unpaired) electrons. The Morgan fingerprint density at radius 3 is 0.553 bits per heavy atom. The van der Waals surface area contributed by atoms with Gasteiger partial charge in [-0.25, -0.2) is 0 Å². The Morgan fingerprint density at radius 2 is 0.421 bits per heavy atom. The van der Waals surface area contributed by atoms with Gasteiger partial charge in [-0.05, 0) is 0 Å². The Hall–Kier alpha value is -3.41. The monoisotopic (exact) mass is 844 g/mol. The molecule has 6 aromatic rings. The van der Waals surface area contributed by atoms with E-state index in [1.807, 2.05) is 146 Å². The maximum Gasteiger partial charge on any atom is 0 e. The number of hydrogen-bond donors (Lipinski definition) is 0. The van der Waals surface area contributed by atoms with Gasteiger partial charge in [-0.2, -0.15) is 217 Å². The van der Waals surface area contributed by atoms with Crippen molar-refractivity contribution in [1.29, 1.82) is 0 Å². The van der Waals surface area contributed by atoms with Gasteiger partial charge >= 0.3 is 0 Å². The Bertz CT molecular complexity index is 914. The standard InChI is InChI=1S/C12H8.4C6H5.2Os/c1-3-7-11(8-4-1)12-9-5-2-6-10-12;4*1-2-4-6-5-3-1;;/h3-10H;4*1-5H;;/q-2;4*-1;;. The quantitative estimate of drug-likeness (QED) is 0.145. The molecule has 0 saturated heterocycles. The number of rotatable bonds is 1. The van der Waals surface area contributed by atoms with Crippen LogP contribution >= 0.6 is 0 Å². The predicted octanol–water partition coefficient (Wildman–Crippen LogP) is 8.90. The zero-order valence-corrected chi connectivity index (χ0v) is 26.0. The van der Waals surface area contributed by atoms with E-state index in [4.69, 9.17) is 0 Å². The molecule has 38 heavy (non-hydrogen) atoms. The Labute approximate surface area is 255 Å². The second-order valence-electron chi connectivity index (χ2n) is 6.89. The average Bonchev–Trinajstić information content (AvgIpc) is 3.03. The molecular weight excluding hydrogens is 813 g/mol. The number of hydrogen-bond acceptors (Lipinski definition) is 0. The van der Waals surface area contributed by atoms with Crippen molar-refractivity contribution in [2.45, 2.75) is 0 Å². The minimum absolute atomic E-state index is 0. The summed E-state index contributed by atoms with van der Waals surface area (Å²) in [5, 5.41) is 0. The van der Waals surface area contributed by atoms with E-state index in [0.29, 0.717) is 0 Å². The van der Waals surface area contributed by atoms with Gasteiger partial charge in [0.2, 0.25) is 0 Å². The molecule has 0 N–H and O–H groups in total.